The molecule has 0 aliphatic rings. The monoisotopic (exact) mass is 283 g/mol. The number of aromatic nitrogens is 1. The van der Waals surface area contributed by atoms with E-state index in [1.54, 1.807) is 0 Å². The first-order valence-corrected chi connectivity index (χ1v) is 7.70. The molecule has 2 aromatic rings. The van der Waals surface area contributed by atoms with Crippen LogP contribution in [0.2, 0.25) is 0 Å². The summed E-state index contributed by atoms with van der Waals surface area (Å²) < 4.78 is 2.27. The molecule has 0 saturated heterocycles. The number of nitrogens with two attached hydrogens (primary N) is 1. The highest BCUT2D eigenvalue weighted by Crippen LogP contribution is 2.25. The number of nitriles is 1. The van der Waals surface area contributed by atoms with Gasteiger partial charge in [-0.3, -0.25) is 0 Å². The molecule has 1 heterocycles. The molecule has 0 saturated carbocycles. The fourth-order valence-corrected chi connectivity index (χ4v) is 2.57. The van der Waals surface area contributed by atoms with Crippen LogP contribution in [0.5, 0.6) is 0 Å². The maximum absolute atomic E-state index is 9.17. The number of hydrogen-bond donors (Lipinski definition) is 1. The second-order valence-electron chi connectivity index (χ2n) is 6.48. The Labute approximate surface area is 127 Å². The van der Waals surface area contributed by atoms with Gasteiger partial charge in [0.25, 0.3) is 0 Å². The van der Waals surface area contributed by atoms with E-state index in [0.717, 1.165) is 25.8 Å². The molecule has 1 aromatic carbocycles. The Kier molecular flexibility index (Phi) is 4.69. The smallest absolute Gasteiger partial charge is 0.0684 e. The molecule has 0 fully saturated rings. The summed E-state index contributed by atoms with van der Waals surface area (Å²) in [5, 5.41) is 10.4. The topological polar surface area (TPSA) is 54.7 Å². The van der Waals surface area contributed by atoms with Gasteiger partial charge in [0.15, 0.2) is 0 Å². The SMILES string of the molecule is CCC(N)Cc1cccc2ccn(CCC(C)(C)C#N)c12. The third kappa shape index (κ3) is 3.65. The molecule has 0 aliphatic heterocycles. The van der Waals surface area contributed by atoms with Crippen molar-refractivity contribution >= 4 is 10.9 Å². The molecule has 3 heteroatoms. The van der Waals surface area contributed by atoms with E-state index in [0.29, 0.717) is 0 Å². The first kappa shape index (κ1) is 15.6. The lowest BCUT2D eigenvalue weighted by molar-refractivity contribution is 0.417. The number of para-hydroxylation sites is 1. The maximum Gasteiger partial charge on any atom is 0.0684 e. The van der Waals surface area contributed by atoms with Crippen molar-refractivity contribution in [2.45, 2.75) is 52.6 Å². The van der Waals surface area contributed by atoms with Crippen molar-refractivity contribution in [2.75, 3.05) is 0 Å². The van der Waals surface area contributed by atoms with Crippen LogP contribution in [-0.2, 0) is 13.0 Å². The van der Waals surface area contributed by atoms with Gasteiger partial charge in [-0.25, -0.2) is 0 Å². The number of hydrogen-bond acceptors (Lipinski definition) is 2. The Hall–Kier alpha value is -1.79. The van der Waals surface area contributed by atoms with Crippen LogP contribution in [0.3, 0.4) is 0 Å². The summed E-state index contributed by atoms with van der Waals surface area (Å²) >= 11 is 0. The molecule has 112 valence electrons. The minimum atomic E-state index is -0.286. The highest BCUT2D eigenvalue weighted by Gasteiger charge is 2.17. The zero-order valence-electron chi connectivity index (χ0n) is 13.3. The molecule has 2 rings (SSSR count). The van der Waals surface area contributed by atoms with Crippen LogP contribution in [0.25, 0.3) is 10.9 Å². The van der Waals surface area contributed by atoms with Crippen molar-refractivity contribution in [2.24, 2.45) is 11.1 Å². The van der Waals surface area contributed by atoms with Gasteiger partial charge in [-0.15, -0.1) is 0 Å². The van der Waals surface area contributed by atoms with Crippen molar-refractivity contribution in [3.05, 3.63) is 36.0 Å². The molecule has 0 aliphatic carbocycles. The minimum absolute atomic E-state index is 0.203. The lowest BCUT2D eigenvalue weighted by atomic mass is 9.91. The molecular weight excluding hydrogens is 258 g/mol. The Bertz CT molecular complexity index is 646. The summed E-state index contributed by atoms with van der Waals surface area (Å²) in [5.74, 6) is 0. The van der Waals surface area contributed by atoms with Crippen LogP contribution in [0.15, 0.2) is 30.5 Å². The largest absolute Gasteiger partial charge is 0.347 e. The summed E-state index contributed by atoms with van der Waals surface area (Å²) in [6, 6.07) is 11.1. The predicted molar refractivity (Wildman–Crippen MR) is 87.9 cm³/mol. The molecule has 3 nitrogen and oxygen atoms in total. The average molecular weight is 283 g/mol. The van der Waals surface area contributed by atoms with Gasteiger partial charge >= 0.3 is 0 Å². The Morgan fingerprint density at radius 3 is 2.76 bits per heavy atom. The van der Waals surface area contributed by atoms with Gasteiger partial charge < -0.3 is 10.3 Å². The maximum atomic E-state index is 9.17. The van der Waals surface area contributed by atoms with Crippen molar-refractivity contribution < 1.29 is 0 Å². The van der Waals surface area contributed by atoms with Gasteiger partial charge in [-0.1, -0.05) is 25.1 Å². The van der Waals surface area contributed by atoms with Crippen molar-refractivity contribution in [3.63, 3.8) is 0 Å². The second-order valence-corrected chi connectivity index (χ2v) is 6.48. The standard InChI is InChI=1S/C18H25N3/c1-4-16(20)12-15-7-5-6-14-8-10-21(17(14)15)11-9-18(2,3)13-19/h5-8,10,16H,4,9,11-12,20H2,1-3H3. The van der Waals surface area contributed by atoms with E-state index in [1.807, 2.05) is 13.8 Å². The summed E-state index contributed by atoms with van der Waals surface area (Å²) in [6.45, 7) is 6.97. The van der Waals surface area contributed by atoms with Crippen LogP contribution >= 0.6 is 0 Å². The van der Waals surface area contributed by atoms with Gasteiger partial charge in [0.2, 0.25) is 0 Å². The quantitative estimate of drug-likeness (QED) is 0.875. The van der Waals surface area contributed by atoms with Gasteiger partial charge in [0, 0.05) is 18.8 Å². The van der Waals surface area contributed by atoms with E-state index in [4.69, 9.17) is 11.0 Å². The Morgan fingerprint density at radius 2 is 2.10 bits per heavy atom. The van der Waals surface area contributed by atoms with Crippen LogP contribution in [0.1, 0.15) is 39.2 Å². The van der Waals surface area contributed by atoms with Crippen molar-refractivity contribution in [1.29, 1.82) is 5.26 Å². The van der Waals surface area contributed by atoms with Gasteiger partial charge in [-0.05, 0) is 50.1 Å². The van der Waals surface area contributed by atoms with Gasteiger partial charge in [0.05, 0.1) is 17.0 Å². The van der Waals surface area contributed by atoms with Crippen LogP contribution in [0, 0.1) is 16.7 Å². The summed E-state index contributed by atoms with van der Waals surface area (Å²) in [5.41, 5.74) is 8.42. The number of fused-ring (bicyclic) bond motifs is 1. The number of aryl methyl sites for hydroxylation is 1. The molecule has 1 atom stereocenters. The van der Waals surface area contributed by atoms with E-state index < -0.39 is 0 Å². The Balaban J connectivity index is 2.30. The minimum Gasteiger partial charge on any atom is -0.347 e. The molecule has 2 N–H and O–H groups in total. The van der Waals surface area contributed by atoms with E-state index in [9.17, 15) is 0 Å². The lowest BCUT2D eigenvalue weighted by Gasteiger charge is -2.17. The van der Waals surface area contributed by atoms with E-state index >= 15 is 0 Å². The Morgan fingerprint density at radius 1 is 1.33 bits per heavy atom. The molecule has 0 amide bonds. The summed E-state index contributed by atoms with van der Waals surface area (Å²) in [6.07, 6.45) is 4.86. The normalized spacial score (nSPS) is 13.3. The highest BCUT2D eigenvalue weighted by atomic mass is 15.0. The van der Waals surface area contributed by atoms with E-state index in [-0.39, 0.29) is 11.5 Å². The van der Waals surface area contributed by atoms with Gasteiger partial charge in [0.1, 0.15) is 0 Å². The average Bonchev–Trinajstić information content (AvgIpc) is 2.89. The van der Waals surface area contributed by atoms with Gasteiger partial charge in [-0.2, -0.15) is 5.26 Å². The fraction of sp³-hybridized carbons (Fsp3) is 0.500. The third-order valence-electron chi connectivity index (χ3n) is 4.16. The highest BCUT2D eigenvalue weighted by molar-refractivity contribution is 5.83. The molecule has 0 spiro atoms. The first-order chi connectivity index (χ1) is 9.96. The first-order valence-electron chi connectivity index (χ1n) is 7.70. The molecular formula is C18H25N3. The molecule has 0 bridgehead atoms. The molecule has 0 radical (unpaired) electrons. The predicted octanol–water partition coefficient (Wildman–Crippen LogP) is 3.86. The zero-order valence-corrected chi connectivity index (χ0v) is 13.3. The molecule has 21 heavy (non-hydrogen) atoms. The summed E-state index contributed by atoms with van der Waals surface area (Å²) in [4.78, 5) is 0. The van der Waals surface area contributed by atoms with Crippen LogP contribution in [0.4, 0.5) is 0 Å². The van der Waals surface area contributed by atoms with Crippen LogP contribution < -0.4 is 5.73 Å². The van der Waals surface area contributed by atoms with Crippen molar-refractivity contribution in [3.8, 4) is 6.07 Å². The number of benzene rings is 1. The van der Waals surface area contributed by atoms with E-state index in [2.05, 4.69) is 48.0 Å². The second kappa shape index (κ2) is 6.32. The van der Waals surface area contributed by atoms with E-state index in [1.165, 1.54) is 16.5 Å². The number of nitrogens with zero attached hydrogens (tertiary/aromatic N) is 2. The number of rotatable bonds is 6. The molecule has 1 aromatic heterocycles. The molecule has 1 unspecified atom stereocenters. The van der Waals surface area contributed by atoms with Crippen molar-refractivity contribution in [1.82, 2.24) is 4.57 Å². The zero-order chi connectivity index (χ0) is 15.5. The lowest BCUT2D eigenvalue weighted by Crippen LogP contribution is -2.21. The van der Waals surface area contributed by atoms with Crippen LogP contribution in [-0.4, -0.2) is 10.6 Å². The third-order valence-corrected chi connectivity index (χ3v) is 4.16. The fourth-order valence-electron chi connectivity index (χ4n) is 2.57. The summed E-state index contributed by atoms with van der Waals surface area (Å²) in [7, 11) is 0.